The van der Waals surface area contributed by atoms with Gasteiger partial charge in [-0.1, -0.05) is 11.8 Å². The van der Waals surface area contributed by atoms with Crippen LogP contribution in [0.3, 0.4) is 0 Å². The molecule has 0 saturated heterocycles. The van der Waals surface area contributed by atoms with E-state index in [1.54, 1.807) is 0 Å². The molecule has 0 fully saturated rings. The van der Waals surface area contributed by atoms with Crippen molar-refractivity contribution in [3.63, 3.8) is 0 Å². The Kier molecular flexibility index (Phi) is 5.00. The van der Waals surface area contributed by atoms with Gasteiger partial charge in [-0.25, -0.2) is 4.98 Å². The molecule has 1 N–H and O–H groups in total. The van der Waals surface area contributed by atoms with Crippen LogP contribution in [-0.4, -0.2) is 36.0 Å². The molecule has 7 nitrogen and oxygen atoms in total. The van der Waals surface area contributed by atoms with E-state index in [9.17, 15) is 4.79 Å². The molecule has 126 valence electrons. The molecule has 0 bridgehead atoms. The lowest BCUT2D eigenvalue weighted by atomic mass is 10.3. The molecular formula is C15H18N6OS2. The standard InChI is InChI=1S/C15H18N6OS2/c1-10-8-23-14(16-10)17-13(22)9-24-15-19-18-12(21(15)3)7-11-5-4-6-20(11)2/h4-6,8H,7,9H2,1-3H3,(H,16,17,22). The first-order valence-electron chi connectivity index (χ1n) is 7.36. The van der Waals surface area contributed by atoms with Gasteiger partial charge in [-0.2, -0.15) is 0 Å². The van der Waals surface area contributed by atoms with Crippen molar-refractivity contribution < 1.29 is 4.79 Å². The van der Waals surface area contributed by atoms with Gasteiger partial charge in [-0.15, -0.1) is 21.5 Å². The minimum absolute atomic E-state index is 0.0960. The molecule has 3 aromatic heterocycles. The van der Waals surface area contributed by atoms with Crippen LogP contribution in [0.4, 0.5) is 5.13 Å². The average molecular weight is 362 g/mol. The van der Waals surface area contributed by atoms with Gasteiger partial charge in [-0.05, 0) is 19.1 Å². The SMILES string of the molecule is Cc1csc(NC(=O)CSc2nnc(Cc3cccn3C)n2C)n1. The maximum absolute atomic E-state index is 12.0. The number of hydrogen-bond donors (Lipinski definition) is 1. The lowest BCUT2D eigenvalue weighted by Crippen LogP contribution is -2.14. The average Bonchev–Trinajstić information content (AvgIpc) is 3.22. The zero-order valence-corrected chi connectivity index (χ0v) is 15.3. The summed E-state index contributed by atoms with van der Waals surface area (Å²) in [7, 11) is 3.93. The Labute approximate surface area is 148 Å². The van der Waals surface area contributed by atoms with Crippen molar-refractivity contribution in [2.75, 3.05) is 11.1 Å². The number of thiazole rings is 1. The third-order valence-electron chi connectivity index (χ3n) is 3.51. The molecule has 3 aromatic rings. The van der Waals surface area contributed by atoms with Gasteiger partial charge in [0.2, 0.25) is 5.91 Å². The zero-order chi connectivity index (χ0) is 17.1. The highest BCUT2D eigenvalue weighted by molar-refractivity contribution is 7.99. The lowest BCUT2D eigenvalue weighted by molar-refractivity contribution is -0.113. The van der Waals surface area contributed by atoms with Crippen molar-refractivity contribution in [2.45, 2.75) is 18.5 Å². The van der Waals surface area contributed by atoms with Crippen molar-refractivity contribution in [3.8, 4) is 0 Å². The molecule has 1 amide bonds. The van der Waals surface area contributed by atoms with Crippen LogP contribution in [-0.2, 0) is 25.3 Å². The Hall–Kier alpha value is -2.13. The van der Waals surface area contributed by atoms with Crippen LogP contribution < -0.4 is 5.32 Å². The summed E-state index contributed by atoms with van der Waals surface area (Å²) in [5, 5.41) is 14.5. The van der Waals surface area contributed by atoms with Gasteiger partial charge in [0, 0.05) is 37.8 Å². The van der Waals surface area contributed by atoms with E-state index in [2.05, 4.69) is 31.1 Å². The van der Waals surface area contributed by atoms with E-state index < -0.39 is 0 Å². The summed E-state index contributed by atoms with van der Waals surface area (Å²) in [5.74, 6) is 1.05. The monoisotopic (exact) mass is 362 g/mol. The number of carbonyl (C=O) groups excluding carboxylic acids is 1. The van der Waals surface area contributed by atoms with E-state index in [0.717, 1.165) is 16.7 Å². The highest BCUT2D eigenvalue weighted by Crippen LogP contribution is 2.19. The first-order chi connectivity index (χ1) is 11.5. The van der Waals surface area contributed by atoms with Crippen LogP contribution in [0.15, 0.2) is 28.9 Å². The molecule has 0 unspecified atom stereocenters. The number of amides is 1. The van der Waals surface area contributed by atoms with Gasteiger partial charge in [0.05, 0.1) is 11.4 Å². The Morgan fingerprint density at radius 1 is 1.38 bits per heavy atom. The molecule has 3 rings (SSSR count). The second-order valence-corrected chi connectivity index (χ2v) is 7.18. The van der Waals surface area contributed by atoms with Gasteiger partial charge in [0.25, 0.3) is 0 Å². The number of rotatable bonds is 6. The summed E-state index contributed by atoms with van der Waals surface area (Å²) in [6, 6.07) is 4.07. The van der Waals surface area contributed by atoms with Crippen LogP contribution in [0.25, 0.3) is 0 Å². The molecule has 24 heavy (non-hydrogen) atoms. The van der Waals surface area contributed by atoms with Gasteiger partial charge < -0.3 is 14.5 Å². The van der Waals surface area contributed by atoms with Crippen LogP contribution in [0.2, 0.25) is 0 Å². The molecule has 3 heterocycles. The van der Waals surface area contributed by atoms with Crippen molar-refractivity contribution in [1.29, 1.82) is 0 Å². The van der Waals surface area contributed by atoms with Crippen molar-refractivity contribution in [2.24, 2.45) is 14.1 Å². The molecular weight excluding hydrogens is 344 g/mol. The fraction of sp³-hybridized carbons (Fsp3) is 0.333. The highest BCUT2D eigenvalue weighted by Gasteiger charge is 2.13. The second kappa shape index (κ2) is 7.18. The van der Waals surface area contributed by atoms with Crippen molar-refractivity contribution in [3.05, 3.63) is 40.9 Å². The summed E-state index contributed by atoms with van der Waals surface area (Å²) in [6.45, 7) is 1.90. The predicted molar refractivity (Wildman–Crippen MR) is 95.4 cm³/mol. The largest absolute Gasteiger partial charge is 0.354 e. The molecule has 0 radical (unpaired) electrons. The summed E-state index contributed by atoms with van der Waals surface area (Å²) in [4.78, 5) is 16.2. The Balaban J connectivity index is 1.58. The second-order valence-electron chi connectivity index (χ2n) is 5.38. The van der Waals surface area contributed by atoms with Gasteiger partial charge in [-0.3, -0.25) is 4.79 Å². The molecule has 0 aliphatic rings. The number of nitrogens with one attached hydrogen (secondary N) is 1. The molecule has 0 aromatic carbocycles. The molecule has 0 atom stereocenters. The number of hydrogen-bond acceptors (Lipinski definition) is 6. The number of nitrogens with zero attached hydrogens (tertiary/aromatic N) is 5. The van der Waals surface area contributed by atoms with E-state index in [4.69, 9.17) is 0 Å². The number of aromatic nitrogens is 5. The first-order valence-corrected chi connectivity index (χ1v) is 9.22. The minimum atomic E-state index is -0.0960. The van der Waals surface area contributed by atoms with E-state index >= 15 is 0 Å². The third kappa shape index (κ3) is 3.85. The molecule has 9 heteroatoms. The summed E-state index contributed by atoms with van der Waals surface area (Å²) >= 11 is 2.79. The molecule has 0 aliphatic carbocycles. The summed E-state index contributed by atoms with van der Waals surface area (Å²) in [5.41, 5.74) is 2.07. The first kappa shape index (κ1) is 16.7. The lowest BCUT2D eigenvalue weighted by Gasteiger charge is -2.05. The zero-order valence-electron chi connectivity index (χ0n) is 13.7. The Morgan fingerprint density at radius 3 is 2.88 bits per heavy atom. The maximum Gasteiger partial charge on any atom is 0.236 e. The van der Waals surface area contributed by atoms with Crippen LogP contribution in [0.1, 0.15) is 17.2 Å². The number of thioether (sulfide) groups is 1. The van der Waals surface area contributed by atoms with E-state index in [1.807, 2.05) is 43.2 Å². The van der Waals surface area contributed by atoms with Crippen molar-refractivity contribution in [1.82, 2.24) is 24.3 Å². The number of carbonyl (C=O) groups is 1. The predicted octanol–water partition coefficient (Wildman–Crippen LogP) is 2.24. The third-order valence-corrected chi connectivity index (χ3v) is 5.41. The van der Waals surface area contributed by atoms with Gasteiger partial charge in [0.1, 0.15) is 5.82 Å². The maximum atomic E-state index is 12.0. The Morgan fingerprint density at radius 2 is 2.21 bits per heavy atom. The van der Waals surface area contributed by atoms with Gasteiger partial charge in [0.15, 0.2) is 10.3 Å². The van der Waals surface area contributed by atoms with Crippen LogP contribution in [0.5, 0.6) is 0 Å². The fourth-order valence-electron chi connectivity index (χ4n) is 2.16. The van der Waals surface area contributed by atoms with Crippen LogP contribution in [0, 0.1) is 6.92 Å². The fourth-order valence-corrected chi connectivity index (χ4v) is 3.60. The van der Waals surface area contributed by atoms with Crippen molar-refractivity contribution >= 4 is 34.1 Å². The highest BCUT2D eigenvalue weighted by atomic mass is 32.2. The van der Waals surface area contributed by atoms with Crippen LogP contribution >= 0.6 is 23.1 Å². The number of anilines is 1. The molecule has 0 saturated carbocycles. The van der Waals surface area contributed by atoms with E-state index in [0.29, 0.717) is 11.6 Å². The smallest absolute Gasteiger partial charge is 0.236 e. The normalized spacial score (nSPS) is 11.0. The molecule has 0 aliphatic heterocycles. The quantitative estimate of drug-likeness (QED) is 0.681. The minimum Gasteiger partial charge on any atom is -0.354 e. The Bertz CT molecular complexity index is 850. The summed E-state index contributed by atoms with van der Waals surface area (Å²) < 4.78 is 3.99. The van der Waals surface area contributed by atoms with Gasteiger partial charge >= 0.3 is 0 Å². The van der Waals surface area contributed by atoms with E-state index in [-0.39, 0.29) is 11.7 Å². The number of aryl methyl sites for hydroxylation is 2. The topological polar surface area (TPSA) is 77.6 Å². The molecule has 0 spiro atoms. The summed E-state index contributed by atoms with van der Waals surface area (Å²) in [6.07, 6.45) is 2.71. The van der Waals surface area contributed by atoms with E-state index in [1.165, 1.54) is 28.8 Å².